The van der Waals surface area contributed by atoms with E-state index in [2.05, 4.69) is 32.6 Å². The first kappa shape index (κ1) is 6.90. The molecule has 2 heterocycles. The van der Waals surface area contributed by atoms with Crippen LogP contribution in [0.4, 0.5) is 5.69 Å². The molecule has 0 unspecified atom stereocenters. The van der Waals surface area contributed by atoms with Gasteiger partial charge in [-0.25, -0.2) is 4.98 Å². The van der Waals surface area contributed by atoms with E-state index in [1.165, 1.54) is 0 Å². The Labute approximate surface area is 77.1 Å². The van der Waals surface area contributed by atoms with Gasteiger partial charge >= 0.3 is 0 Å². The molecule has 0 aromatic carbocycles. The van der Waals surface area contributed by atoms with Crippen LogP contribution in [0, 0.1) is 3.70 Å². The number of H-pyrrole nitrogens is 1. The van der Waals surface area contributed by atoms with Crippen LogP contribution < -0.4 is 5.73 Å². The highest BCUT2D eigenvalue weighted by Gasteiger charge is 2.03. The van der Waals surface area contributed by atoms with E-state index in [1.807, 2.05) is 6.07 Å². The lowest BCUT2D eigenvalue weighted by Gasteiger charge is -1.92. The Bertz CT molecular complexity index is 393. The third-order valence-corrected chi connectivity index (χ3v) is 2.39. The van der Waals surface area contributed by atoms with Crippen LogP contribution in [0.1, 0.15) is 0 Å². The maximum absolute atomic E-state index is 5.70. The average Bonchev–Trinajstić information content (AvgIpc) is 2.34. The van der Waals surface area contributed by atoms with Gasteiger partial charge in [-0.15, -0.1) is 0 Å². The third kappa shape index (κ3) is 0.973. The summed E-state index contributed by atoms with van der Waals surface area (Å²) in [6, 6.07) is 1.91. The van der Waals surface area contributed by atoms with Crippen LogP contribution in [-0.4, -0.2) is 9.97 Å². The smallest absolute Gasteiger partial charge is 0.112 e. The molecule has 56 valence electrons. The van der Waals surface area contributed by atoms with Gasteiger partial charge in [0, 0.05) is 12.4 Å². The zero-order chi connectivity index (χ0) is 7.84. The number of nitrogens with zero attached hydrogens (tertiary/aromatic N) is 1. The van der Waals surface area contributed by atoms with Crippen LogP contribution in [-0.2, 0) is 0 Å². The molecule has 0 fully saturated rings. The highest BCUT2D eigenvalue weighted by atomic mass is 127. The molecule has 2 rings (SSSR count). The molecule has 0 aliphatic heterocycles. The quantitative estimate of drug-likeness (QED) is 0.559. The molecule has 0 aliphatic rings. The summed E-state index contributed by atoms with van der Waals surface area (Å²) in [5.41, 5.74) is 7.51. The van der Waals surface area contributed by atoms with E-state index in [0.29, 0.717) is 0 Å². The summed E-state index contributed by atoms with van der Waals surface area (Å²) in [5.74, 6) is 0. The maximum Gasteiger partial charge on any atom is 0.112 e. The number of nitrogens with two attached hydrogens (primary N) is 1. The van der Waals surface area contributed by atoms with Crippen molar-refractivity contribution in [1.29, 1.82) is 0 Å². The second kappa shape index (κ2) is 2.37. The molecule has 0 spiro atoms. The molecule has 11 heavy (non-hydrogen) atoms. The minimum absolute atomic E-state index is 0.762. The van der Waals surface area contributed by atoms with Crippen LogP contribution in [0.2, 0.25) is 0 Å². The Balaban J connectivity index is 2.96. The van der Waals surface area contributed by atoms with Crippen LogP contribution in [0.15, 0.2) is 18.5 Å². The number of nitrogen functional groups attached to an aromatic ring is 1. The summed E-state index contributed by atoms with van der Waals surface area (Å²) >= 11 is 2.17. The summed E-state index contributed by atoms with van der Waals surface area (Å²) in [4.78, 5) is 7.19. The summed E-state index contributed by atoms with van der Waals surface area (Å²) in [6.07, 6.45) is 3.55. The summed E-state index contributed by atoms with van der Waals surface area (Å²) in [6.45, 7) is 0. The lowest BCUT2D eigenvalue weighted by Crippen LogP contribution is -1.85. The molecule has 0 saturated carbocycles. The fourth-order valence-corrected chi connectivity index (χ4v) is 1.82. The number of nitrogens with one attached hydrogen (secondary N) is 1. The van der Waals surface area contributed by atoms with E-state index in [0.717, 1.165) is 20.3 Å². The standard InChI is InChI=1S/C7H6IN3/c8-7-6-4(9)3-11-5(6)1-2-10-7/h1-3,11H,9H2. The molecule has 0 saturated heterocycles. The highest BCUT2D eigenvalue weighted by Crippen LogP contribution is 2.23. The van der Waals surface area contributed by atoms with Crippen molar-refractivity contribution >= 4 is 39.2 Å². The van der Waals surface area contributed by atoms with Crippen molar-refractivity contribution in [2.24, 2.45) is 0 Å². The third-order valence-electron chi connectivity index (χ3n) is 1.58. The Hall–Kier alpha value is -0.780. The van der Waals surface area contributed by atoms with Crippen molar-refractivity contribution in [2.75, 3.05) is 5.73 Å². The molecule has 2 aromatic rings. The van der Waals surface area contributed by atoms with Crippen LogP contribution >= 0.6 is 22.6 Å². The average molecular weight is 259 g/mol. The van der Waals surface area contributed by atoms with E-state index in [4.69, 9.17) is 5.73 Å². The summed E-state index contributed by atoms with van der Waals surface area (Å²) < 4.78 is 0.943. The van der Waals surface area contributed by atoms with Gasteiger partial charge in [-0.1, -0.05) is 0 Å². The van der Waals surface area contributed by atoms with Crippen LogP contribution in [0.3, 0.4) is 0 Å². The minimum Gasteiger partial charge on any atom is -0.397 e. The largest absolute Gasteiger partial charge is 0.397 e. The number of hydrogen-bond donors (Lipinski definition) is 2. The predicted octanol–water partition coefficient (Wildman–Crippen LogP) is 1.75. The lowest BCUT2D eigenvalue weighted by atomic mass is 10.3. The zero-order valence-electron chi connectivity index (χ0n) is 5.63. The normalized spacial score (nSPS) is 10.6. The molecule has 0 radical (unpaired) electrons. The first-order valence-corrected chi connectivity index (χ1v) is 4.24. The van der Waals surface area contributed by atoms with E-state index in [-0.39, 0.29) is 0 Å². The van der Waals surface area contributed by atoms with Crippen molar-refractivity contribution in [3.05, 3.63) is 22.2 Å². The fraction of sp³-hybridized carbons (Fsp3) is 0. The van der Waals surface area contributed by atoms with Gasteiger partial charge in [-0.2, -0.15) is 0 Å². The van der Waals surface area contributed by atoms with Gasteiger partial charge in [0.25, 0.3) is 0 Å². The van der Waals surface area contributed by atoms with Crippen LogP contribution in [0.25, 0.3) is 10.9 Å². The number of fused-ring (bicyclic) bond motifs is 1. The van der Waals surface area contributed by atoms with Gasteiger partial charge in [0.2, 0.25) is 0 Å². The van der Waals surface area contributed by atoms with Gasteiger partial charge in [-0.05, 0) is 28.7 Å². The first-order chi connectivity index (χ1) is 5.29. The summed E-state index contributed by atoms with van der Waals surface area (Å²) in [7, 11) is 0. The van der Waals surface area contributed by atoms with Crippen molar-refractivity contribution < 1.29 is 0 Å². The van der Waals surface area contributed by atoms with E-state index in [9.17, 15) is 0 Å². The second-order valence-electron chi connectivity index (χ2n) is 2.27. The number of aromatic amines is 1. The van der Waals surface area contributed by atoms with E-state index >= 15 is 0 Å². The SMILES string of the molecule is Nc1c[nH]c2ccnc(I)c12. The molecule has 0 bridgehead atoms. The monoisotopic (exact) mass is 259 g/mol. The Morgan fingerprint density at radius 3 is 3.09 bits per heavy atom. The number of rotatable bonds is 0. The van der Waals surface area contributed by atoms with Crippen LogP contribution in [0.5, 0.6) is 0 Å². The van der Waals surface area contributed by atoms with Crippen molar-refractivity contribution in [1.82, 2.24) is 9.97 Å². The number of anilines is 1. The highest BCUT2D eigenvalue weighted by molar-refractivity contribution is 14.1. The zero-order valence-corrected chi connectivity index (χ0v) is 7.79. The minimum atomic E-state index is 0.762. The Kier molecular flexibility index (Phi) is 1.49. The van der Waals surface area contributed by atoms with Gasteiger partial charge in [-0.3, -0.25) is 0 Å². The number of halogens is 1. The van der Waals surface area contributed by atoms with Gasteiger partial charge in [0.15, 0.2) is 0 Å². The fourth-order valence-electron chi connectivity index (χ4n) is 1.06. The van der Waals surface area contributed by atoms with E-state index < -0.39 is 0 Å². The topological polar surface area (TPSA) is 54.7 Å². The molecular formula is C7H6IN3. The van der Waals surface area contributed by atoms with Gasteiger partial charge < -0.3 is 10.7 Å². The molecular weight excluding hydrogens is 253 g/mol. The Morgan fingerprint density at radius 2 is 2.36 bits per heavy atom. The maximum atomic E-state index is 5.70. The van der Waals surface area contributed by atoms with E-state index in [1.54, 1.807) is 12.4 Å². The molecule has 3 N–H and O–H groups in total. The number of pyridine rings is 1. The molecule has 0 aliphatic carbocycles. The molecule has 0 amide bonds. The van der Waals surface area contributed by atoms with Gasteiger partial charge in [0.05, 0.1) is 16.6 Å². The molecule has 3 nitrogen and oxygen atoms in total. The number of aromatic nitrogens is 2. The molecule has 2 aromatic heterocycles. The number of hydrogen-bond acceptors (Lipinski definition) is 2. The molecule has 0 atom stereocenters. The Morgan fingerprint density at radius 1 is 1.55 bits per heavy atom. The lowest BCUT2D eigenvalue weighted by molar-refractivity contribution is 1.31. The van der Waals surface area contributed by atoms with Crippen molar-refractivity contribution in [3.63, 3.8) is 0 Å². The van der Waals surface area contributed by atoms with Crippen molar-refractivity contribution in [3.8, 4) is 0 Å². The summed E-state index contributed by atoms with van der Waals surface area (Å²) in [5, 5.41) is 1.02. The van der Waals surface area contributed by atoms with Crippen molar-refractivity contribution in [2.45, 2.75) is 0 Å². The second-order valence-corrected chi connectivity index (χ2v) is 3.29. The molecule has 4 heteroatoms. The first-order valence-electron chi connectivity index (χ1n) is 3.16. The predicted molar refractivity (Wildman–Crippen MR) is 53.2 cm³/mol. The van der Waals surface area contributed by atoms with Gasteiger partial charge in [0.1, 0.15) is 3.70 Å².